The van der Waals surface area contributed by atoms with Crippen LogP contribution in [-0.4, -0.2) is 72.1 Å². The molecular weight excluding hydrogens is 406 g/mol. The van der Waals surface area contributed by atoms with Crippen LogP contribution in [0.3, 0.4) is 0 Å². The van der Waals surface area contributed by atoms with Crippen LogP contribution in [0.25, 0.3) is 10.9 Å². The quantitative estimate of drug-likeness (QED) is 0.578. The fourth-order valence-electron chi connectivity index (χ4n) is 3.49. The fraction of sp³-hybridized carbons (Fsp3) is 0.381. The first-order valence-electron chi connectivity index (χ1n) is 9.88. The zero-order valence-electron chi connectivity index (χ0n) is 16.8. The van der Waals surface area contributed by atoms with E-state index in [1.807, 2.05) is 23.1 Å². The minimum Gasteiger partial charge on any atom is -0.459 e. The Labute approximate surface area is 179 Å². The van der Waals surface area contributed by atoms with Crippen molar-refractivity contribution in [1.29, 1.82) is 0 Å². The highest BCUT2D eigenvalue weighted by molar-refractivity contribution is 6.31. The SMILES string of the molecule is COCCNc1nc(CN2CCN(C(=O)c3ccco3)CC2)nc2ccc(Cl)cc12. The van der Waals surface area contributed by atoms with Crippen molar-refractivity contribution in [3.63, 3.8) is 0 Å². The molecule has 2 aromatic heterocycles. The number of carbonyl (C=O) groups excluding carboxylic acids is 1. The lowest BCUT2D eigenvalue weighted by molar-refractivity contribution is 0.0595. The minimum atomic E-state index is -0.0666. The minimum absolute atomic E-state index is 0.0666. The third kappa shape index (κ3) is 4.72. The van der Waals surface area contributed by atoms with E-state index in [9.17, 15) is 4.79 Å². The van der Waals surface area contributed by atoms with E-state index < -0.39 is 0 Å². The molecule has 0 spiro atoms. The normalized spacial score (nSPS) is 14.9. The summed E-state index contributed by atoms with van der Waals surface area (Å²) in [6.45, 7) is 4.61. The highest BCUT2D eigenvalue weighted by atomic mass is 35.5. The molecule has 1 saturated heterocycles. The van der Waals surface area contributed by atoms with Crippen LogP contribution >= 0.6 is 11.6 Å². The van der Waals surface area contributed by atoms with Gasteiger partial charge in [0, 0.05) is 50.2 Å². The van der Waals surface area contributed by atoms with Gasteiger partial charge in [0.15, 0.2) is 5.76 Å². The van der Waals surface area contributed by atoms with Crippen LogP contribution in [0.1, 0.15) is 16.4 Å². The van der Waals surface area contributed by atoms with Gasteiger partial charge in [-0.1, -0.05) is 11.6 Å². The Morgan fingerprint density at radius 3 is 2.80 bits per heavy atom. The summed E-state index contributed by atoms with van der Waals surface area (Å²) in [5, 5.41) is 4.84. The highest BCUT2D eigenvalue weighted by Gasteiger charge is 2.24. The number of rotatable bonds is 7. The standard InChI is InChI=1S/C21H24ClN5O3/c1-29-12-6-23-20-16-13-15(22)4-5-17(16)24-19(25-20)14-26-7-9-27(10-8-26)21(28)18-3-2-11-30-18/h2-5,11,13H,6-10,12,14H2,1H3,(H,23,24,25). The number of nitrogens with one attached hydrogen (secondary N) is 1. The second kappa shape index (κ2) is 9.42. The van der Waals surface area contributed by atoms with E-state index in [1.165, 1.54) is 6.26 Å². The fourth-order valence-corrected chi connectivity index (χ4v) is 3.66. The van der Waals surface area contributed by atoms with Gasteiger partial charge in [-0.15, -0.1) is 0 Å². The van der Waals surface area contributed by atoms with Gasteiger partial charge >= 0.3 is 0 Å². The van der Waals surface area contributed by atoms with E-state index in [0.717, 1.165) is 35.6 Å². The van der Waals surface area contributed by atoms with Gasteiger partial charge in [-0.3, -0.25) is 9.69 Å². The first-order chi connectivity index (χ1) is 14.6. The van der Waals surface area contributed by atoms with E-state index in [4.69, 9.17) is 30.7 Å². The highest BCUT2D eigenvalue weighted by Crippen LogP contribution is 2.24. The summed E-state index contributed by atoms with van der Waals surface area (Å²) < 4.78 is 10.4. The molecule has 1 aliphatic rings. The molecule has 3 heterocycles. The molecule has 0 atom stereocenters. The number of nitrogens with zero attached hydrogens (tertiary/aromatic N) is 4. The number of carbonyl (C=O) groups is 1. The number of piperazine rings is 1. The van der Waals surface area contributed by atoms with Gasteiger partial charge in [0.25, 0.3) is 5.91 Å². The monoisotopic (exact) mass is 429 g/mol. The molecule has 9 heteroatoms. The number of halogens is 1. The molecule has 4 rings (SSSR count). The van der Waals surface area contributed by atoms with Crippen molar-refractivity contribution in [2.45, 2.75) is 6.54 Å². The number of hydrogen-bond acceptors (Lipinski definition) is 7. The third-order valence-corrected chi connectivity index (χ3v) is 5.29. The van der Waals surface area contributed by atoms with Crippen LogP contribution in [-0.2, 0) is 11.3 Å². The zero-order valence-corrected chi connectivity index (χ0v) is 17.6. The Kier molecular flexibility index (Phi) is 6.47. The van der Waals surface area contributed by atoms with Crippen LogP contribution in [0, 0.1) is 0 Å². The number of fused-ring (bicyclic) bond motifs is 1. The Bertz CT molecular complexity index is 1000. The Morgan fingerprint density at radius 2 is 2.07 bits per heavy atom. The second-order valence-corrected chi connectivity index (χ2v) is 7.55. The molecule has 1 aromatic carbocycles. The lowest BCUT2D eigenvalue weighted by Gasteiger charge is -2.33. The van der Waals surface area contributed by atoms with Gasteiger partial charge < -0.3 is 19.4 Å². The van der Waals surface area contributed by atoms with E-state index in [1.54, 1.807) is 19.2 Å². The van der Waals surface area contributed by atoms with Gasteiger partial charge in [0.1, 0.15) is 11.6 Å². The molecule has 8 nitrogen and oxygen atoms in total. The smallest absolute Gasteiger partial charge is 0.289 e. The van der Waals surface area contributed by atoms with Crippen LogP contribution in [0.4, 0.5) is 5.82 Å². The predicted molar refractivity (Wildman–Crippen MR) is 115 cm³/mol. The summed E-state index contributed by atoms with van der Waals surface area (Å²) in [5.41, 5.74) is 0.843. The first-order valence-corrected chi connectivity index (χ1v) is 10.3. The van der Waals surface area contributed by atoms with Crippen LogP contribution < -0.4 is 5.32 Å². The molecule has 158 valence electrons. The maximum Gasteiger partial charge on any atom is 0.289 e. The largest absolute Gasteiger partial charge is 0.459 e. The maximum absolute atomic E-state index is 12.4. The van der Waals surface area contributed by atoms with Crippen molar-refractivity contribution in [3.05, 3.63) is 53.2 Å². The number of hydrogen-bond donors (Lipinski definition) is 1. The van der Waals surface area contributed by atoms with Crippen LogP contribution in [0.15, 0.2) is 41.0 Å². The summed E-state index contributed by atoms with van der Waals surface area (Å²) in [5.74, 6) is 1.80. The van der Waals surface area contributed by atoms with E-state index in [0.29, 0.717) is 43.6 Å². The van der Waals surface area contributed by atoms with Gasteiger partial charge in [-0.25, -0.2) is 9.97 Å². The molecule has 1 aliphatic heterocycles. The van der Waals surface area contributed by atoms with Gasteiger partial charge in [-0.2, -0.15) is 0 Å². The van der Waals surface area contributed by atoms with Crippen LogP contribution in [0.5, 0.6) is 0 Å². The van der Waals surface area contributed by atoms with Crippen molar-refractivity contribution in [2.24, 2.45) is 0 Å². The van der Waals surface area contributed by atoms with Crippen molar-refractivity contribution >= 4 is 34.2 Å². The predicted octanol–water partition coefficient (Wildman–Crippen LogP) is 2.89. The zero-order chi connectivity index (χ0) is 20.9. The number of ether oxygens (including phenoxy) is 1. The van der Waals surface area contributed by atoms with Gasteiger partial charge in [-0.05, 0) is 30.3 Å². The topological polar surface area (TPSA) is 83.7 Å². The average molecular weight is 430 g/mol. The lowest BCUT2D eigenvalue weighted by atomic mass is 10.2. The molecule has 1 fully saturated rings. The molecule has 1 amide bonds. The van der Waals surface area contributed by atoms with Crippen LogP contribution in [0.2, 0.25) is 5.02 Å². The molecule has 1 N–H and O–H groups in total. The molecule has 30 heavy (non-hydrogen) atoms. The summed E-state index contributed by atoms with van der Waals surface area (Å²) in [6.07, 6.45) is 1.52. The molecule has 0 aliphatic carbocycles. The summed E-state index contributed by atoms with van der Waals surface area (Å²) in [4.78, 5) is 25.9. The summed E-state index contributed by atoms with van der Waals surface area (Å²) >= 11 is 6.17. The van der Waals surface area contributed by atoms with Crippen molar-refractivity contribution in [3.8, 4) is 0 Å². The maximum atomic E-state index is 12.4. The Balaban J connectivity index is 1.45. The van der Waals surface area contributed by atoms with Crippen molar-refractivity contribution < 1.29 is 13.9 Å². The number of aromatic nitrogens is 2. The first kappa shape index (κ1) is 20.6. The van der Waals surface area contributed by atoms with Gasteiger partial charge in [0.2, 0.25) is 0 Å². The number of methoxy groups -OCH3 is 1. The summed E-state index contributed by atoms with van der Waals surface area (Å²) in [6, 6.07) is 9.03. The number of benzene rings is 1. The molecule has 0 bridgehead atoms. The lowest BCUT2D eigenvalue weighted by Crippen LogP contribution is -2.48. The van der Waals surface area contributed by atoms with E-state index >= 15 is 0 Å². The number of furan rings is 1. The van der Waals surface area contributed by atoms with Gasteiger partial charge in [0.05, 0.1) is 24.9 Å². The molecular formula is C21H24ClN5O3. The Morgan fingerprint density at radius 1 is 1.23 bits per heavy atom. The van der Waals surface area contributed by atoms with E-state index in [-0.39, 0.29) is 5.91 Å². The number of amides is 1. The van der Waals surface area contributed by atoms with E-state index in [2.05, 4.69) is 10.2 Å². The molecule has 0 unspecified atom stereocenters. The summed E-state index contributed by atoms with van der Waals surface area (Å²) in [7, 11) is 1.67. The third-order valence-electron chi connectivity index (χ3n) is 5.06. The molecule has 3 aromatic rings. The van der Waals surface area contributed by atoms with Crippen molar-refractivity contribution in [1.82, 2.24) is 19.8 Å². The average Bonchev–Trinajstić information content (AvgIpc) is 3.29. The molecule has 0 saturated carbocycles. The number of anilines is 1. The second-order valence-electron chi connectivity index (χ2n) is 7.12. The molecule has 0 radical (unpaired) electrons. The van der Waals surface area contributed by atoms with Crippen molar-refractivity contribution in [2.75, 3.05) is 51.8 Å². The Hall–Kier alpha value is -2.68.